The van der Waals surface area contributed by atoms with Crippen LogP contribution in [0.1, 0.15) is 0 Å². The summed E-state index contributed by atoms with van der Waals surface area (Å²) in [6, 6.07) is 66.6. The molecule has 0 aliphatic rings. The average Bonchev–Trinajstić information content (AvgIpc) is 3.96. The van der Waals surface area contributed by atoms with Crippen LogP contribution in [0.3, 0.4) is 0 Å². The Morgan fingerprint density at radius 1 is 0.369 bits per heavy atom. The van der Waals surface area contributed by atoms with Crippen molar-refractivity contribution in [2.75, 3.05) is 0 Å². The summed E-state index contributed by atoms with van der Waals surface area (Å²) >= 11 is 0. The number of pyridine rings is 2. The van der Waals surface area contributed by atoms with Gasteiger partial charge in [0.1, 0.15) is 11.6 Å². The van der Waals surface area contributed by atoms with Crippen molar-refractivity contribution in [2.45, 2.75) is 0 Å². The van der Waals surface area contributed by atoms with Gasteiger partial charge in [-0.2, -0.15) is 35.0 Å². The van der Waals surface area contributed by atoms with E-state index in [1.165, 1.54) is 0 Å². The summed E-state index contributed by atoms with van der Waals surface area (Å²) in [5.74, 6) is 4.17. The van der Waals surface area contributed by atoms with Crippen molar-refractivity contribution in [3.8, 4) is 40.6 Å². The third-order valence-electron chi connectivity index (χ3n) is 11.5. The molecule has 0 atom stereocenters. The van der Waals surface area contributed by atoms with E-state index in [1.807, 2.05) is 132 Å². The van der Waals surface area contributed by atoms with Crippen LogP contribution in [-0.4, -0.2) is 33.6 Å². The SMILES string of the molecule is [Pt+2].[Pt+2].[c-]1c(Oc2[c-]c3c(cc2)c2ccccc2n3-c2ccccn2)ccc2c3ccc(Oc4[c-]c5c(cc4)c4ccccc4n5-c4ccccn4)[c-]c3n(-c3ncc4ccccc4n3)c12. The van der Waals surface area contributed by atoms with Gasteiger partial charge in [-0.25, -0.2) is 19.9 Å². The number of para-hydroxylation sites is 3. The molecule has 0 amide bonds. The number of aromatic nitrogens is 7. The van der Waals surface area contributed by atoms with Crippen LogP contribution in [0, 0.1) is 24.3 Å². The first-order valence-electron chi connectivity index (χ1n) is 20.5. The van der Waals surface area contributed by atoms with Gasteiger partial charge in [0.2, 0.25) is 5.95 Å². The molecular formula is C54H29N7O2Pt2. The minimum atomic E-state index is 0. The van der Waals surface area contributed by atoms with Crippen LogP contribution in [0.15, 0.2) is 176 Å². The molecule has 312 valence electrons. The standard InChI is InChI=1S/C54H29N7O2.2Pt/c1-4-14-45-34(11-1)33-57-54(58-45)61-50-31-37(62-35-19-23-41-39-12-2-5-15-46(39)59(48(41)29-35)52-17-7-9-27-55-52)21-25-43(50)44-26-22-38(32-51(44)61)63-36-20-24-42-40-13-3-6-16-47(40)60(49(42)30-36)53-18-8-10-28-56-53;;/h1-28,33H;;/q-4;2*+2. The molecule has 0 aliphatic carbocycles. The van der Waals surface area contributed by atoms with Crippen molar-refractivity contribution in [3.63, 3.8) is 0 Å². The van der Waals surface area contributed by atoms with Crippen molar-refractivity contribution in [3.05, 3.63) is 201 Å². The molecule has 0 bridgehead atoms. The molecule has 0 fully saturated rings. The summed E-state index contributed by atoms with van der Waals surface area (Å²) in [4.78, 5) is 19.2. The van der Waals surface area contributed by atoms with Gasteiger partial charge in [-0.15, -0.1) is 59.3 Å². The van der Waals surface area contributed by atoms with Crippen molar-refractivity contribution < 1.29 is 51.6 Å². The molecule has 13 rings (SSSR count). The average molecular weight is 1200 g/mol. The Labute approximate surface area is 400 Å². The molecule has 0 spiro atoms. The van der Waals surface area contributed by atoms with Crippen molar-refractivity contribution >= 4 is 76.3 Å². The molecule has 0 N–H and O–H groups in total. The largest absolute Gasteiger partial charge is 2.00 e. The van der Waals surface area contributed by atoms with E-state index >= 15 is 0 Å². The Hall–Kier alpha value is -7.44. The molecule has 0 saturated carbocycles. The predicted molar refractivity (Wildman–Crippen MR) is 247 cm³/mol. The number of hydrogen-bond donors (Lipinski definition) is 0. The smallest absolute Gasteiger partial charge is 0.509 e. The first-order chi connectivity index (χ1) is 31.2. The second kappa shape index (κ2) is 16.3. The normalized spacial score (nSPS) is 11.4. The quantitative estimate of drug-likeness (QED) is 0.148. The molecule has 11 heteroatoms. The minimum Gasteiger partial charge on any atom is -0.509 e. The Morgan fingerprint density at radius 2 is 0.785 bits per heavy atom. The van der Waals surface area contributed by atoms with E-state index in [9.17, 15) is 0 Å². The molecule has 13 aromatic rings. The van der Waals surface area contributed by atoms with Crippen LogP contribution >= 0.6 is 0 Å². The Morgan fingerprint density at radius 3 is 1.26 bits per heavy atom. The summed E-state index contributed by atoms with van der Waals surface area (Å²) in [7, 11) is 0. The summed E-state index contributed by atoms with van der Waals surface area (Å²) in [5.41, 5.74) is 6.07. The van der Waals surface area contributed by atoms with E-state index < -0.39 is 0 Å². The van der Waals surface area contributed by atoms with E-state index in [2.05, 4.69) is 79.8 Å². The van der Waals surface area contributed by atoms with Gasteiger partial charge in [0.25, 0.3) is 0 Å². The number of hydrogen-bond acceptors (Lipinski definition) is 6. The molecular weight excluding hydrogens is 1170 g/mol. The molecule has 6 heterocycles. The second-order valence-corrected chi connectivity index (χ2v) is 15.2. The third-order valence-corrected chi connectivity index (χ3v) is 11.5. The maximum absolute atomic E-state index is 6.60. The minimum absolute atomic E-state index is 0. The van der Waals surface area contributed by atoms with Crippen molar-refractivity contribution in [1.29, 1.82) is 0 Å². The zero-order valence-corrected chi connectivity index (χ0v) is 38.4. The molecule has 0 saturated heterocycles. The van der Waals surface area contributed by atoms with E-state index in [-0.39, 0.29) is 42.1 Å². The number of rotatable bonds is 7. The maximum atomic E-state index is 6.60. The van der Waals surface area contributed by atoms with Crippen LogP contribution < -0.4 is 9.47 Å². The summed E-state index contributed by atoms with van der Waals surface area (Å²) in [5, 5.41) is 7.13. The van der Waals surface area contributed by atoms with E-state index in [4.69, 9.17) is 19.4 Å². The monoisotopic (exact) mass is 1200 g/mol. The van der Waals surface area contributed by atoms with Gasteiger partial charge in [0, 0.05) is 58.0 Å². The van der Waals surface area contributed by atoms with E-state index in [0.29, 0.717) is 28.9 Å². The predicted octanol–water partition coefficient (Wildman–Crippen LogP) is 12.5. The third kappa shape index (κ3) is 6.70. The first-order valence-corrected chi connectivity index (χ1v) is 20.5. The maximum Gasteiger partial charge on any atom is 2.00 e. The van der Waals surface area contributed by atoms with Crippen LogP contribution in [-0.2, 0) is 42.1 Å². The summed E-state index contributed by atoms with van der Waals surface area (Å²) in [6.07, 6.45) is 5.44. The molecule has 0 radical (unpaired) electrons. The molecule has 6 aromatic heterocycles. The van der Waals surface area contributed by atoms with E-state index in [0.717, 1.165) is 88.0 Å². The fraction of sp³-hybridized carbons (Fsp3) is 0. The van der Waals surface area contributed by atoms with Gasteiger partial charge in [0.05, 0.1) is 5.52 Å². The van der Waals surface area contributed by atoms with Gasteiger partial charge < -0.3 is 23.2 Å². The van der Waals surface area contributed by atoms with Crippen LogP contribution in [0.5, 0.6) is 23.0 Å². The molecule has 9 nitrogen and oxygen atoms in total. The van der Waals surface area contributed by atoms with Crippen molar-refractivity contribution in [1.82, 2.24) is 33.6 Å². The number of nitrogens with zero attached hydrogens (tertiary/aromatic N) is 7. The summed E-state index contributed by atoms with van der Waals surface area (Å²) < 4.78 is 19.4. The fourth-order valence-corrected chi connectivity index (χ4v) is 8.77. The van der Waals surface area contributed by atoms with Gasteiger partial charge >= 0.3 is 42.1 Å². The van der Waals surface area contributed by atoms with Gasteiger partial charge in [-0.1, -0.05) is 88.8 Å². The molecule has 65 heavy (non-hydrogen) atoms. The second-order valence-electron chi connectivity index (χ2n) is 15.2. The van der Waals surface area contributed by atoms with Gasteiger partial charge in [0.15, 0.2) is 0 Å². The Kier molecular flexibility index (Phi) is 10.1. The summed E-state index contributed by atoms with van der Waals surface area (Å²) in [6.45, 7) is 0. The van der Waals surface area contributed by atoms with Gasteiger partial charge in [-0.05, 0) is 53.2 Å². The first kappa shape index (κ1) is 40.3. The number of benzene rings is 7. The van der Waals surface area contributed by atoms with Crippen LogP contribution in [0.4, 0.5) is 0 Å². The molecule has 7 aromatic carbocycles. The number of fused-ring (bicyclic) bond motifs is 10. The molecule has 0 aliphatic heterocycles. The Balaban J connectivity index is 0.00000234. The molecule has 0 unspecified atom stereocenters. The zero-order chi connectivity index (χ0) is 41.4. The number of ether oxygens (including phenoxy) is 2. The Bertz CT molecular complexity index is 3730. The zero-order valence-electron chi connectivity index (χ0n) is 33.8. The van der Waals surface area contributed by atoms with Gasteiger partial charge in [-0.3, -0.25) is 0 Å². The van der Waals surface area contributed by atoms with Crippen LogP contribution in [0.25, 0.3) is 93.9 Å². The van der Waals surface area contributed by atoms with Crippen molar-refractivity contribution in [2.24, 2.45) is 0 Å². The van der Waals surface area contributed by atoms with E-state index in [1.54, 1.807) is 12.4 Å². The van der Waals surface area contributed by atoms with Crippen LogP contribution in [0.2, 0.25) is 0 Å². The topological polar surface area (TPSA) is 84.8 Å². The fourth-order valence-electron chi connectivity index (χ4n) is 8.77.